The summed E-state index contributed by atoms with van der Waals surface area (Å²) in [5.74, 6) is -3.62. The second kappa shape index (κ2) is 5.17. The lowest BCUT2D eigenvalue weighted by molar-refractivity contribution is -0.143. The highest BCUT2D eigenvalue weighted by molar-refractivity contribution is 7.86. The Balaban J connectivity index is 2.34. The summed E-state index contributed by atoms with van der Waals surface area (Å²) < 4.78 is 32.2. The maximum atomic E-state index is 11.4. The van der Waals surface area contributed by atoms with Crippen molar-refractivity contribution < 1.29 is 32.8 Å². The molecule has 0 bridgehead atoms. The van der Waals surface area contributed by atoms with E-state index in [-0.39, 0.29) is 18.4 Å². The van der Waals surface area contributed by atoms with Gasteiger partial charge in [-0.05, 0) is 37.5 Å². The van der Waals surface area contributed by atoms with Crippen LogP contribution in [0.2, 0.25) is 0 Å². The van der Waals surface area contributed by atoms with E-state index in [1.165, 1.54) is 6.08 Å². The number of fused-ring (bicyclic) bond motifs is 1. The van der Waals surface area contributed by atoms with Gasteiger partial charge in [-0.15, -0.1) is 0 Å². The molecule has 112 valence electrons. The number of aliphatic carboxylic acids is 2. The van der Waals surface area contributed by atoms with Crippen molar-refractivity contribution in [2.45, 2.75) is 30.9 Å². The Morgan fingerprint density at radius 1 is 1.20 bits per heavy atom. The first-order valence-corrected chi connectivity index (χ1v) is 7.83. The van der Waals surface area contributed by atoms with Gasteiger partial charge in [0.25, 0.3) is 10.1 Å². The molecule has 1 fully saturated rings. The smallest absolute Gasteiger partial charge is 0.331 e. The van der Waals surface area contributed by atoms with Crippen molar-refractivity contribution in [2.24, 2.45) is 17.8 Å². The van der Waals surface area contributed by atoms with E-state index < -0.39 is 45.1 Å². The van der Waals surface area contributed by atoms with E-state index >= 15 is 0 Å². The van der Waals surface area contributed by atoms with Gasteiger partial charge < -0.3 is 10.2 Å². The van der Waals surface area contributed by atoms with E-state index in [1.54, 1.807) is 0 Å². The molecule has 7 nitrogen and oxygen atoms in total. The first-order valence-electron chi connectivity index (χ1n) is 6.33. The maximum absolute atomic E-state index is 11.4. The minimum atomic E-state index is -4.35. The lowest BCUT2D eigenvalue weighted by Gasteiger charge is -2.39. The van der Waals surface area contributed by atoms with Crippen LogP contribution in [0.25, 0.3) is 0 Å². The van der Waals surface area contributed by atoms with Crippen molar-refractivity contribution in [3.63, 3.8) is 0 Å². The number of carbonyl (C=O) groups is 2. The van der Waals surface area contributed by atoms with Crippen LogP contribution in [0, 0.1) is 17.8 Å². The van der Waals surface area contributed by atoms with Crippen LogP contribution in [-0.2, 0) is 19.7 Å². The van der Waals surface area contributed by atoms with E-state index in [1.807, 2.05) is 0 Å². The highest BCUT2D eigenvalue weighted by Crippen LogP contribution is 2.44. The van der Waals surface area contributed by atoms with E-state index in [0.717, 1.165) is 0 Å². The van der Waals surface area contributed by atoms with Crippen molar-refractivity contribution >= 4 is 22.1 Å². The lowest BCUT2D eigenvalue weighted by Crippen LogP contribution is -2.42. The Morgan fingerprint density at radius 3 is 2.35 bits per heavy atom. The zero-order chi connectivity index (χ0) is 15.1. The van der Waals surface area contributed by atoms with Crippen molar-refractivity contribution in [1.29, 1.82) is 0 Å². The fourth-order valence-corrected chi connectivity index (χ4v) is 4.46. The second-order valence-corrected chi connectivity index (χ2v) is 7.07. The van der Waals surface area contributed by atoms with Crippen LogP contribution in [-0.4, -0.2) is 40.4 Å². The number of hydrogen-bond donors (Lipinski definition) is 3. The van der Waals surface area contributed by atoms with Gasteiger partial charge in [0, 0.05) is 5.57 Å². The van der Waals surface area contributed by atoms with Gasteiger partial charge in [0.05, 0.1) is 11.2 Å². The zero-order valence-corrected chi connectivity index (χ0v) is 11.4. The van der Waals surface area contributed by atoms with Gasteiger partial charge in [-0.3, -0.25) is 9.35 Å². The van der Waals surface area contributed by atoms with E-state index in [0.29, 0.717) is 12.8 Å². The molecule has 2 aliphatic carbocycles. The summed E-state index contributed by atoms with van der Waals surface area (Å²) in [7, 11) is -4.35. The standard InChI is InChI=1S/C12H16O7S/c13-11(14)6-1-2-9-7(3-6)4-8(12(15)16)5-10(9)20(17,18)19/h4,6-7,9-10H,1-3,5H2,(H,13,14)(H,15,16)(H,17,18,19). The SMILES string of the molecule is O=C(O)C1=CC2CC(C(=O)O)CCC2C(S(=O)(=O)O)C1. The minimum Gasteiger partial charge on any atom is -0.481 e. The Labute approximate surface area is 116 Å². The molecule has 8 heteroatoms. The molecule has 20 heavy (non-hydrogen) atoms. The summed E-state index contributed by atoms with van der Waals surface area (Å²) in [5, 5.41) is 16.9. The third kappa shape index (κ3) is 2.85. The molecular weight excluding hydrogens is 288 g/mol. The average molecular weight is 304 g/mol. The van der Waals surface area contributed by atoms with Gasteiger partial charge in [0.1, 0.15) is 0 Å². The number of hydrogen-bond acceptors (Lipinski definition) is 4. The fraction of sp³-hybridized carbons (Fsp3) is 0.667. The summed E-state index contributed by atoms with van der Waals surface area (Å²) in [4.78, 5) is 22.1. The summed E-state index contributed by atoms with van der Waals surface area (Å²) >= 11 is 0. The molecule has 0 aromatic carbocycles. The molecule has 0 heterocycles. The number of allylic oxidation sites excluding steroid dienone is 1. The van der Waals surface area contributed by atoms with Crippen LogP contribution in [0.5, 0.6) is 0 Å². The van der Waals surface area contributed by atoms with Crippen LogP contribution < -0.4 is 0 Å². The van der Waals surface area contributed by atoms with Crippen LogP contribution in [0.4, 0.5) is 0 Å². The number of carboxylic acid groups (broad SMARTS) is 2. The van der Waals surface area contributed by atoms with Gasteiger partial charge in [0.2, 0.25) is 0 Å². The Hall–Kier alpha value is -1.41. The van der Waals surface area contributed by atoms with Crippen molar-refractivity contribution in [2.75, 3.05) is 0 Å². The highest BCUT2D eigenvalue weighted by Gasteiger charge is 2.45. The van der Waals surface area contributed by atoms with E-state index in [4.69, 9.17) is 10.2 Å². The molecule has 3 N–H and O–H groups in total. The topological polar surface area (TPSA) is 129 Å². The lowest BCUT2D eigenvalue weighted by atomic mass is 9.68. The molecule has 0 amide bonds. The quantitative estimate of drug-likeness (QED) is 0.657. The zero-order valence-electron chi connectivity index (χ0n) is 10.6. The van der Waals surface area contributed by atoms with Gasteiger partial charge in [0.15, 0.2) is 0 Å². The van der Waals surface area contributed by atoms with Gasteiger partial charge in [-0.2, -0.15) is 8.42 Å². The Morgan fingerprint density at radius 2 is 1.85 bits per heavy atom. The molecule has 0 spiro atoms. The monoisotopic (exact) mass is 304 g/mol. The summed E-state index contributed by atoms with van der Waals surface area (Å²) in [6.07, 6.45) is 2.15. The average Bonchev–Trinajstić information content (AvgIpc) is 2.35. The van der Waals surface area contributed by atoms with Crippen molar-refractivity contribution in [1.82, 2.24) is 0 Å². The van der Waals surface area contributed by atoms with E-state index in [2.05, 4.69) is 0 Å². The first kappa shape index (κ1) is 15.0. The van der Waals surface area contributed by atoms with Crippen LogP contribution in [0.15, 0.2) is 11.6 Å². The maximum Gasteiger partial charge on any atom is 0.331 e. The van der Waals surface area contributed by atoms with Crippen molar-refractivity contribution in [3.8, 4) is 0 Å². The molecule has 0 aromatic rings. The van der Waals surface area contributed by atoms with Crippen LogP contribution >= 0.6 is 0 Å². The normalized spacial score (nSPS) is 34.0. The first-order chi connectivity index (χ1) is 9.20. The molecule has 0 aliphatic heterocycles. The second-order valence-electron chi connectivity index (χ2n) is 5.43. The van der Waals surface area contributed by atoms with Gasteiger partial charge >= 0.3 is 11.9 Å². The fourth-order valence-electron chi connectivity index (χ4n) is 3.29. The molecule has 0 radical (unpaired) electrons. The third-order valence-corrected chi connectivity index (χ3v) is 5.56. The van der Waals surface area contributed by atoms with E-state index in [9.17, 15) is 22.6 Å². The molecule has 1 saturated carbocycles. The summed E-state index contributed by atoms with van der Waals surface area (Å²) in [6, 6.07) is 0. The summed E-state index contributed by atoms with van der Waals surface area (Å²) in [6.45, 7) is 0. The van der Waals surface area contributed by atoms with Gasteiger partial charge in [-0.1, -0.05) is 6.08 Å². The van der Waals surface area contributed by atoms with Crippen molar-refractivity contribution in [3.05, 3.63) is 11.6 Å². The molecule has 2 aliphatic rings. The Bertz CT molecular complexity index is 562. The molecule has 0 aromatic heterocycles. The predicted molar refractivity (Wildman–Crippen MR) is 67.6 cm³/mol. The minimum absolute atomic E-state index is 0.0695. The largest absolute Gasteiger partial charge is 0.481 e. The number of rotatable bonds is 3. The molecular formula is C12H16O7S. The molecule has 4 atom stereocenters. The van der Waals surface area contributed by atoms with Gasteiger partial charge in [-0.25, -0.2) is 4.79 Å². The predicted octanol–water partition coefficient (Wildman–Crippen LogP) is 0.775. The highest BCUT2D eigenvalue weighted by atomic mass is 32.2. The summed E-state index contributed by atoms with van der Waals surface area (Å²) in [5.41, 5.74) is -0.0695. The van der Waals surface area contributed by atoms with Crippen LogP contribution in [0.1, 0.15) is 25.7 Å². The number of carboxylic acids is 2. The molecule has 0 saturated heterocycles. The third-order valence-electron chi connectivity index (χ3n) is 4.28. The molecule has 4 unspecified atom stereocenters. The van der Waals surface area contributed by atoms with Crippen LogP contribution in [0.3, 0.4) is 0 Å². The molecule has 2 rings (SSSR count). The Kier molecular flexibility index (Phi) is 3.88.